The molecule has 3 heteroatoms. The molecule has 0 amide bonds. The largest absolute Gasteiger partial charge is 0.309 e. The van der Waals surface area contributed by atoms with Gasteiger partial charge >= 0.3 is 0 Å². The molecular formula is C12H16ClNS. The number of hydrogen-bond donors (Lipinski definition) is 1. The number of hydrogen-bond acceptors (Lipinski definition) is 2. The monoisotopic (exact) mass is 241 g/mol. The molecule has 1 aromatic heterocycles. The Morgan fingerprint density at radius 1 is 1.53 bits per heavy atom. The van der Waals surface area contributed by atoms with Gasteiger partial charge in [0, 0.05) is 22.9 Å². The lowest BCUT2D eigenvalue weighted by Gasteiger charge is -2.32. The highest BCUT2D eigenvalue weighted by Crippen LogP contribution is 2.56. The van der Waals surface area contributed by atoms with E-state index in [-0.39, 0.29) is 0 Å². The fourth-order valence-corrected chi connectivity index (χ4v) is 4.19. The van der Waals surface area contributed by atoms with Gasteiger partial charge in [-0.3, -0.25) is 0 Å². The van der Waals surface area contributed by atoms with Crippen LogP contribution in [0.4, 0.5) is 0 Å². The van der Waals surface area contributed by atoms with E-state index in [0.717, 1.165) is 10.9 Å². The Hall–Kier alpha value is -0.0500. The third kappa shape index (κ3) is 1.46. The first-order valence-corrected chi connectivity index (χ1v) is 6.85. The van der Waals surface area contributed by atoms with Crippen LogP contribution in [0.1, 0.15) is 43.2 Å². The van der Waals surface area contributed by atoms with Crippen LogP contribution in [-0.4, -0.2) is 6.54 Å². The minimum absolute atomic E-state index is 0.471. The van der Waals surface area contributed by atoms with E-state index < -0.39 is 0 Å². The van der Waals surface area contributed by atoms with Crippen LogP contribution in [0.5, 0.6) is 0 Å². The van der Waals surface area contributed by atoms with Gasteiger partial charge in [0.1, 0.15) is 0 Å². The number of rotatable bonds is 1. The van der Waals surface area contributed by atoms with Gasteiger partial charge < -0.3 is 5.32 Å². The van der Waals surface area contributed by atoms with Crippen LogP contribution in [0.15, 0.2) is 6.07 Å². The van der Waals surface area contributed by atoms with Crippen LogP contribution < -0.4 is 5.32 Å². The van der Waals surface area contributed by atoms with Crippen molar-refractivity contribution in [3.8, 4) is 0 Å². The van der Waals surface area contributed by atoms with Gasteiger partial charge in [0.15, 0.2) is 0 Å². The Kier molecular flexibility index (Phi) is 2.17. The van der Waals surface area contributed by atoms with Crippen molar-refractivity contribution < 1.29 is 0 Å². The van der Waals surface area contributed by atoms with Gasteiger partial charge in [-0.05, 0) is 30.4 Å². The molecule has 0 aromatic carbocycles. The standard InChI is InChI=1S/C12H16ClNS/c1-7(2)10-8-5-9(13)15-11(8)12(3-4-12)6-14-10/h5,7,10,14H,3-4,6H2,1-2H3. The molecule has 1 aliphatic heterocycles. The molecule has 0 saturated heterocycles. The fraction of sp³-hybridized carbons (Fsp3) is 0.667. The molecule has 1 fully saturated rings. The first kappa shape index (κ1) is 10.1. The third-order valence-corrected chi connectivity index (χ3v) is 5.25. The normalized spacial score (nSPS) is 27.1. The van der Waals surface area contributed by atoms with Crippen LogP contribution in [0, 0.1) is 5.92 Å². The van der Waals surface area contributed by atoms with Crippen LogP contribution in [0.3, 0.4) is 0 Å². The van der Waals surface area contributed by atoms with Gasteiger partial charge in [-0.1, -0.05) is 25.4 Å². The summed E-state index contributed by atoms with van der Waals surface area (Å²) in [7, 11) is 0. The molecule has 15 heavy (non-hydrogen) atoms. The summed E-state index contributed by atoms with van der Waals surface area (Å²) in [6.45, 7) is 5.70. The quantitative estimate of drug-likeness (QED) is 0.790. The van der Waals surface area contributed by atoms with Crippen molar-refractivity contribution in [1.29, 1.82) is 0 Å². The number of halogens is 1. The summed E-state index contributed by atoms with van der Waals surface area (Å²) in [6, 6.07) is 2.69. The van der Waals surface area contributed by atoms with Crippen LogP contribution in [-0.2, 0) is 5.41 Å². The van der Waals surface area contributed by atoms with Gasteiger partial charge in [-0.25, -0.2) is 0 Å². The summed E-state index contributed by atoms with van der Waals surface area (Å²) in [4.78, 5) is 1.57. The Labute approximate surface area is 99.8 Å². The molecule has 1 atom stereocenters. The van der Waals surface area contributed by atoms with E-state index in [1.165, 1.54) is 18.4 Å². The smallest absolute Gasteiger partial charge is 0.0934 e. The lowest BCUT2D eigenvalue weighted by atomic mass is 9.87. The van der Waals surface area contributed by atoms with Crippen LogP contribution in [0.2, 0.25) is 4.34 Å². The SMILES string of the molecule is CC(C)C1NCC2(CC2)c2sc(Cl)cc21. The average Bonchev–Trinajstić information content (AvgIpc) is 2.81. The zero-order chi connectivity index (χ0) is 10.6. The molecular weight excluding hydrogens is 226 g/mol. The van der Waals surface area contributed by atoms with Gasteiger partial charge in [0.25, 0.3) is 0 Å². The number of nitrogens with one attached hydrogen (secondary N) is 1. The second kappa shape index (κ2) is 3.22. The van der Waals surface area contributed by atoms with Gasteiger partial charge in [0.2, 0.25) is 0 Å². The average molecular weight is 242 g/mol. The summed E-state index contributed by atoms with van der Waals surface area (Å²) in [5, 5.41) is 3.69. The van der Waals surface area contributed by atoms with Gasteiger partial charge in [-0.2, -0.15) is 0 Å². The molecule has 1 saturated carbocycles. The molecule has 3 rings (SSSR count). The second-order valence-electron chi connectivity index (χ2n) is 5.22. The van der Waals surface area contributed by atoms with E-state index in [9.17, 15) is 0 Å². The van der Waals surface area contributed by atoms with Gasteiger partial charge in [-0.15, -0.1) is 11.3 Å². The highest BCUT2D eigenvalue weighted by atomic mass is 35.5. The minimum atomic E-state index is 0.471. The van der Waals surface area contributed by atoms with Crippen molar-refractivity contribution in [3.63, 3.8) is 0 Å². The summed E-state index contributed by atoms with van der Waals surface area (Å²) in [5.41, 5.74) is 1.95. The van der Waals surface area contributed by atoms with E-state index in [1.54, 1.807) is 16.2 Å². The first-order valence-electron chi connectivity index (χ1n) is 5.65. The van der Waals surface area contributed by atoms with Gasteiger partial charge in [0.05, 0.1) is 4.34 Å². The molecule has 2 heterocycles. The number of fused-ring (bicyclic) bond motifs is 2. The maximum atomic E-state index is 6.17. The molecule has 2 aliphatic rings. The second-order valence-corrected chi connectivity index (χ2v) is 6.90. The molecule has 0 radical (unpaired) electrons. The molecule has 1 aliphatic carbocycles. The summed E-state index contributed by atoms with van der Waals surface area (Å²) in [6.07, 6.45) is 2.68. The predicted molar refractivity (Wildman–Crippen MR) is 65.8 cm³/mol. The molecule has 82 valence electrons. The fourth-order valence-electron chi connectivity index (χ4n) is 2.66. The topological polar surface area (TPSA) is 12.0 Å². The van der Waals surface area contributed by atoms with Crippen molar-refractivity contribution in [2.75, 3.05) is 6.54 Å². The maximum absolute atomic E-state index is 6.17. The van der Waals surface area contributed by atoms with Crippen LogP contribution in [0.25, 0.3) is 0 Å². The highest BCUT2D eigenvalue weighted by Gasteiger charge is 2.50. The summed E-state index contributed by atoms with van der Waals surface area (Å²) in [5.74, 6) is 0.644. The zero-order valence-electron chi connectivity index (χ0n) is 9.14. The Bertz CT molecular complexity index is 392. The maximum Gasteiger partial charge on any atom is 0.0934 e. The third-order valence-electron chi connectivity index (χ3n) is 3.73. The summed E-state index contributed by atoms with van der Waals surface area (Å²) < 4.78 is 0.959. The van der Waals surface area contributed by atoms with E-state index in [1.807, 2.05) is 0 Å². The van der Waals surface area contributed by atoms with Crippen molar-refractivity contribution >= 4 is 22.9 Å². The van der Waals surface area contributed by atoms with E-state index >= 15 is 0 Å². The van der Waals surface area contributed by atoms with Crippen molar-refractivity contribution in [1.82, 2.24) is 5.32 Å². The summed E-state index contributed by atoms with van der Waals surface area (Å²) >= 11 is 7.97. The Morgan fingerprint density at radius 3 is 2.87 bits per heavy atom. The highest BCUT2D eigenvalue weighted by molar-refractivity contribution is 7.16. The molecule has 0 bridgehead atoms. The predicted octanol–water partition coefficient (Wildman–Crippen LogP) is 3.73. The number of thiophene rings is 1. The molecule has 1 nitrogen and oxygen atoms in total. The molecule has 1 aromatic rings. The molecule has 1 unspecified atom stereocenters. The lowest BCUT2D eigenvalue weighted by molar-refractivity contribution is 0.367. The Morgan fingerprint density at radius 2 is 2.27 bits per heavy atom. The Balaban J connectivity index is 2.07. The van der Waals surface area contributed by atoms with Crippen molar-refractivity contribution in [2.45, 2.75) is 38.1 Å². The minimum Gasteiger partial charge on any atom is -0.309 e. The lowest BCUT2D eigenvalue weighted by Crippen LogP contribution is -2.38. The van der Waals surface area contributed by atoms with Crippen molar-refractivity contribution in [2.24, 2.45) is 5.92 Å². The zero-order valence-corrected chi connectivity index (χ0v) is 10.7. The van der Waals surface area contributed by atoms with E-state index in [4.69, 9.17) is 11.6 Å². The first-order chi connectivity index (χ1) is 7.12. The van der Waals surface area contributed by atoms with E-state index in [2.05, 4.69) is 25.2 Å². The molecule has 1 N–H and O–H groups in total. The molecule has 1 spiro atoms. The van der Waals surface area contributed by atoms with E-state index in [0.29, 0.717) is 17.4 Å². The van der Waals surface area contributed by atoms with Crippen molar-refractivity contribution in [3.05, 3.63) is 20.8 Å². The van der Waals surface area contributed by atoms with Crippen LogP contribution >= 0.6 is 22.9 Å².